The maximum absolute atomic E-state index is 10.8. The Balaban J connectivity index is 1.75. The minimum Gasteiger partial charge on any atom is -0.489 e. The molecule has 0 bridgehead atoms. The van der Waals surface area contributed by atoms with Crippen LogP contribution in [0.3, 0.4) is 0 Å². The molecule has 5 nitrogen and oxygen atoms in total. The second-order valence-electron chi connectivity index (χ2n) is 9.56. The van der Waals surface area contributed by atoms with E-state index in [9.17, 15) is 4.79 Å². The largest absolute Gasteiger partial charge is 0.489 e. The summed E-state index contributed by atoms with van der Waals surface area (Å²) in [5.41, 5.74) is 6.34. The van der Waals surface area contributed by atoms with Gasteiger partial charge in [0, 0.05) is 5.56 Å². The van der Waals surface area contributed by atoms with E-state index in [1.807, 2.05) is 13.0 Å². The van der Waals surface area contributed by atoms with Crippen molar-refractivity contribution >= 4 is 11.5 Å². The van der Waals surface area contributed by atoms with Crippen LogP contribution in [0.5, 0.6) is 11.5 Å². The van der Waals surface area contributed by atoms with E-state index in [1.165, 1.54) is 5.56 Å². The molecule has 0 spiro atoms. The molecule has 3 rings (SSSR count). The second-order valence-corrected chi connectivity index (χ2v) is 9.56. The van der Waals surface area contributed by atoms with Crippen molar-refractivity contribution in [2.75, 3.05) is 32.8 Å². The Morgan fingerprint density at radius 2 is 1.54 bits per heavy atom. The zero-order chi connectivity index (χ0) is 28.0. The van der Waals surface area contributed by atoms with Gasteiger partial charge in [-0.3, -0.25) is 4.90 Å². The number of nitrogens with zero attached hydrogens (tertiary/aromatic N) is 1. The fraction of sp³-hybridized carbons (Fsp3) is 0.324. The van der Waals surface area contributed by atoms with Crippen molar-refractivity contribution in [1.29, 1.82) is 0 Å². The van der Waals surface area contributed by atoms with E-state index in [-0.39, 0.29) is 6.61 Å². The number of rotatable bonds is 13. The zero-order valence-electron chi connectivity index (χ0n) is 23.5. The average Bonchev–Trinajstić information content (AvgIpc) is 2.92. The predicted molar refractivity (Wildman–Crippen MR) is 158 cm³/mol. The predicted octanol–water partition coefficient (Wildman–Crippen LogP) is 6.75. The number of carbonyl (C=O) groups is 1. The summed E-state index contributed by atoms with van der Waals surface area (Å²) in [6.45, 7) is 11.3. The van der Waals surface area contributed by atoms with E-state index < -0.39 is 5.97 Å². The fourth-order valence-electron chi connectivity index (χ4n) is 4.26. The lowest BCUT2D eigenvalue weighted by Crippen LogP contribution is -2.25. The van der Waals surface area contributed by atoms with Crippen LogP contribution in [0.25, 0.3) is 5.57 Å². The molecule has 0 aromatic heterocycles. The van der Waals surface area contributed by atoms with E-state index >= 15 is 0 Å². The van der Waals surface area contributed by atoms with Crippen LogP contribution in [0.4, 0.5) is 0 Å². The van der Waals surface area contributed by atoms with Gasteiger partial charge >= 0.3 is 5.97 Å². The van der Waals surface area contributed by atoms with Crippen molar-refractivity contribution in [1.82, 2.24) is 4.90 Å². The van der Waals surface area contributed by atoms with Gasteiger partial charge in [-0.05, 0) is 98.4 Å². The van der Waals surface area contributed by atoms with Crippen molar-refractivity contribution in [3.8, 4) is 23.3 Å². The number of carboxylic acid groups (broad SMARTS) is 1. The lowest BCUT2D eigenvalue weighted by molar-refractivity contribution is -0.139. The summed E-state index contributed by atoms with van der Waals surface area (Å²) in [6.07, 6.45) is 4.36. The highest BCUT2D eigenvalue weighted by Gasteiger charge is 2.08. The molecule has 0 radical (unpaired) electrons. The van der Waals surface area contributed by atoms with Crippen molar-refractivity contribution in [3.05, 3.63) is 101 Å². The van der Waals surface area contributed by atoms with Gasteiger partial charge in [-0.1, -0.05) is 67.6 Å². The molecule has 0 heterocycles. The molecule has 0 saturated heterocycles. The van der Waals surface area contributed by atoms with Gasteiger partial charge in [-0.2, -0.15) is 0 Å². The number of hydrogen-bond donors (Lipinski definition) is 1. The first-order valence-corrected chi connectivity index (χ1v) is 13.6. The van der Waals surface area contributed by atoms with Gasteiger partial charge in [0.25, 0.3) is 0 Å². The quantitative estimate of drug-likeness (QED) is 0.250. The summed E-state index contributed by atoms with van der Waals surface area (Å²) in [6, 6.07) is 22.3. The molecule has 1 N–H and O–H groups in total. The van der Waals surface area contributed by atoms with Crippen molar-refractivity contribution in [2.24, 2.45) is 0 Å². The molecule has 0 aliphatic rings. The second kappa shape index (κ2) is 15.4. The standard InChI is InChI=1S/C34H39NO4/c1-5-20-35(21-6-2)22-7-8-28-11-15-30(16-12-28)32(29-13-9-26(3)10-14-29)19-23-38-31-17-18-33(27(4)24-31)39-25-34(36)37/h9-19,24H,5-6,20-23,25H2,1-4H3,(H,36,37)/b32-19+. The lowest BCUT2D eigenvalue weighted by Gasteiger charge is -2.17. The van der Waals surface area contributed by atoms with Gasteiger partial charge in [0.15, 0.2) is 6.61 Å². The summed E-state index contributed by atoms with van der Waals surface area (Å²) in [7, 11) is 0. The van der Waals surface area contributed by atoms with Crippen LogP contribution in [-0.4, -0.2) is 48.8 Å². The fourth-order valence-corrected chi connectivity index (χ4v) is 4.26. The monoisotopic (exact) mass is 525 g/mol. The van der Waals surface area contributed by atoms with Crippen LogP contribution in [0.2, 0.25) is 0 Å². The van der Waals surface area contributed by atoms with Crippen LogP contribution in [-0.2, 0) is 4.79 Å². The van der Waals surface area contributed by atoms with Crippen LogP contribution in [0.15, 0.2) is 72.8 Å². The molecule has 0 unspecified atom stereocenters. The maximum Gasteiger partial charge on any atom is 0.341 e. The van der Waals surface area contributed by atoms with Crippen LogP contribution < -0.4 is 9.47 Å². The van der Waals surface area contributed by atoms with Crippen molar-refractivity contribution < 1.29 is 19.4 Å². The molecule has 0 atom stereocenters. The van der Waals surface area contributed by atoms with Crippen LogP contribution in [0, 0.1) is 25.7 Å². The molecule has 0 amide bonds. The van der Waals surface area contributed by atoms with Crippen LogP contribution >= 0.6 is 0 Å². The third-order valence-electron chi connectivity index (χ3n) is 6.21. The van der Waals surface area contributed by atoms with E-state index in [2.05, 4.69) is 92.1 Å². The van der Waals surface area contributed by atoms with E-state index in [0.29, 0.717) is 18.1 Å². The van der Waals surface area contributed by atoms with E-state index in [4.69, 9.17) is 14.6 Å². The lowest BCUT2D eigenvalue weighted by atomic mass is 9.96. The van der Waals surface area contributed by atoms with Gasteiger partial charge in [-0.15, -0.1) is 0 Å². The highest BCUT2D eigenvalue weighted by atomic mass is 16.5. The van der Waals surface area contributed by atoms with Crippen molar-refractivity contribution in [3.63, 3.8) is 0 Å². The summed E-state index contributed by atoms with van der Waals surface area (Å²) in [5.74, 6) is 6.88. The van der Waals surface area contributed by atoms with Crippen molar-refractivity contribution in [2.45, 2.75) is 40.5 Å². The first-order chi connectivity index (χ1) is 18.9. The molecule has 3 aromatic carbocycles. The van der Waals surface area contributed by atoms with E-state index in [0.717, 1.165) is 60.3 Å². The molecule has 39 heavy (non-hydrogen) atoms. The highest BCUT2D eigenvalue weighted by Crippen LogP contribution is 2.26. The molecular weight excluding hydrogens is 486 g/mol. The molecule has 0 fully saturated rings. The van der Waals surface area contributed by atoms with Gasteiger partial charge in [0.05, 0.1) is 6.54 Å². The van der Waals surface area contributed by atoms with E-state index in [1.54, 1.807) is 12.1 Å². The Kier molecular flexibility index (Phi) is 11.7. The number of benzene rings is 3. The summed E-state index contributed by atoms with van der Waals surface area (Å²) in [4.78, 5) is 13.2. The molecule has 5 heteroatoms. The minimum absolute atomic E-state index is 0.371. The number of ether oxygens (including phenoxy) is 2. The molecular formula is C34H39NO4. The number of aliphatic carboxylic acids is 1. The molecule has 3 aromatic rings. The summed E-state index contributed by atoms with van der Waals surface area (Å²) in [5, 5.41) is 8.84. The zero-order valence-corrected chi connectivity index (χ0v) is 23.5. The third kappa shape index (κ3) is 9.67. The third-order valence-corrected chi connectivity index (χ3v) is 6.21. The Labute approximate surface area is 233 Å². The summed E-state index contributed by atoms with van der Waals surface area (Å²) < 4.78 is 11.3. The number of carboxylic acids is 1. The first-order valence-electron chi connectivity index (χ1n) is 13.6. The van der Waals surface area contributed by atoms with Gasteiger partial charge in [0.1, 0.15) is 18.1 Å². The normalized spacial score (nSPS) is 11.2. The molecule has 204 valence electrons. The Hall–Kier alpha value is -4.01. The summed E-state index contributed by atoms with van der Waals surface area (Å²) >= 11 is 0. The number of hydrogen-bond acceptors (Lipinski definition) is 4. The van der Waals surface area contributed by atoms with Gasteiger partial charge in [-0.25, -0.2) is 4.79 Å². The minimum atomic E-state index is -1.01. The van der Waals surface area contributed by atoms with Crippen LogP contribution in [0.1, 0.15) is 54.5 Å². The van der Waals surface area contributed by atoms with Gasteiger partial charge in [0.2, 0.25) is 0 Å². The maximum atomic E-state index is 10.8. The Morgan fingerprint density at radius 3 is 2.13 bits per heavy atom. The Bertz CT molecular complexity index is 1290. The average molecular weight is 526 g/mol. The first kappa shape index (κ1) is 29.5. The highest BCUT2D eigenvalue weighted by molar-refractivity contribution is 5.80. The smallest absolute Gasteiger partial charge is 0.341 e. The topological polar surface area (TPSA) is 59.0 Å². The molecule has 0 saturated carbocycles. The number of aryl methyl sites for hydroxylation is 2. The SMILES string of the molecule is CCCN(CC#Cc1ccc(/C(=C/COc2ccc(OCC(=O)O)c(C)c2)c2ccc(C)cc2)cc1)CCC. The molecule has 0 aliphatic heterocycles. The van der Waals surface area contributed by atoms with Gasteiger partial charge < -0.3 is 14.6 Å². The Morgan fingerprint density at radius 1 is 0.897 bits per heavy atom. The molecule has 0 aliphatic carbocycles.